The van der Waals surface area contributed by atoms with Crippen LogP contribution in [0.25, 0.3) is 0 Å². The number of phenolic OH excluding ortho intramolecular Hbond substituents is 1. The van der Waals surface area contributed by atoms with Crippen LogP contribution in [-0.2, 0) is 9.59 Å². The molecule has 3 N–H and O–H groups in total. The predicted molar refractivity (Wildman–Crippen MR) is 100 cm³/mol. The first-order valence-corrected chi connectivity index (χ1v) is 8.46. The molecule has 0 bridgehead atoms. The molecule has 2 aromatic carbocycles. The Kier molecular flexibility index (Phi) is 6.22. The van der Waals surface area contributed by atoms with Crippen LogP contribution in [0.4, 0.5) is 5.69 Å². The summed E-state index contributed by atoms with van der Waals surface area (Å²) in [7, 11) is 0. The van der Waals surface area contributed by atoms with Crippen molar-refractivity contribution in [2.24, 2.45) is 0 Å². The van der Waals surface area contributed by atoms with Crippen LogP contribution in [-0.4, -0.2) is 23.5 Å². The number of phenols is 1. The summed E-state index contributed by atoms with van der Waals surface area (Å²) in [5.41, 5.74) is 2.86. The Labute approximate surface area is 153 Å². The average Bonchev–Trinajstić information content (AvgIpc) is 2.58. The van der Waals surface area contributed by atoms with Crippen LogP contribution in [0, 0.1) is 13.8 Å². The molecule has 6 heteroatoms. The van der Waals surface area contributed by atoms with Crippen molar-refractivity contribution in [2.75, 3.05) is 11.9 Å². The summed E-state index contributed by atoms with van der Waals surface area (Å²) < 4.78 is 5.59. The lowest BCUT2D eigenvalue weighted by atomic mass is 10.0. The number of rotatable bonds is 5. The van der Waals surface area contributed by atoms with Gasteiger partial charge in [-0.3, -0.25) is 9.59 Å². The van der Waals surface area contributed by atoms with E-state index in [1.165, 1.54) is 6.07 Å². The van der Waals surface area contributed by atoms with Crippen LogP contribution >= 0.6 is 0 Å². The topological polar surface area (TPSA) is 87.7 Å². The van der Waals surface area contributed by atoms with Crippen LogP contribution < -0.4 is 15.4 Å². The maximum atomic E-state index is 12.2. The molecule has 2 aromatic rings. The largest absolute Gasteiger partial charge is 0.506 e. The number of hydrogen-bond donors (Lipinski definition) is 3. The molecule has 0 heterocycles. The van der Waals surface area contributed by atoms with Gasteiger partial charge in [0.15, 0.2) is 0 Å². The minimum atomic E-state index is -0.846. The highest BCUT2D eigenvalue weighted by Crippen LogP contribution is 2.27. The summed E-state index contributed by atoms with van der Waals surface area (Å²) in [6.07, 6.45) is 0. The second-order valence-electron chi connectivity index (χ2n) is 6.14. The molecule has 0 aliphatic rings. The highest BCUT2D eigenvalue weighted by molar-refractivity contribution is 6.39. The molecular formula is C20H24N2O4. The van der Waals surface area contributed by atoms with Gasteiger partial charge in [-0.05, 0) is 51.5 Å². The number of hydrogen-bond acceptors (Lipinski definition) is 4. The molecule has 0 aliphatic heterocycles. The Bertz CT molecular complexity index is 817. The number of ether oxygens (including phenoxy) is 1. The van der Waals surface area contributed by atoms with Gasteiger partial charge in [0.2, 0.25) is 0 Å². The van der Waals surface area contributed by atoms with Gasteiger partial charge in [0, 0.05) is 5.56 Å². The lowest BCUT2D eigenvalue weighted by molar-refractivity contribution is -0.136. The zero-order valence-corrected chi connectivity index (χ0v) is 15.4. The van der Waals surface area contributed by atoms with Gasteiger partial charge in [-0.15, -0.1) is 0 Å². The number of nitrogens with one attached hydrogen (secondary N) is 2. The fourth-order valence-electron chi connectivity index (χ4n) is 2.56. The van der Waals surface area contributed by atoms with Gasteiger partial charge in [-0.1, -0.05) is 23.8 Å². The highest BCUT2D eigenvalue weighted by atomic mass is 16.5. The van der Waals surface area contributed by atoms with Crippen molar-refractivity contribution in [2.45, 2.75) is 33.7 Å². The second-order valence-corrected chi connectivity index (χ2v) is 6.14. The Balaban J connectivity index is 2.09. The summed E-state index contributed by atoms with van der Waals surface area (Å²) >= 11 is 0. The molecule has 0 spiro atoms. The standard InChI is InChI=1S/C20H24N2O4/c1-5-26-18-9-7-12(2)10-15(18)14(4)21-19(24)20(25)22-16-8-6-13(3)11-17(16)23/h6-11,14,23H,5H2,1-4H3,(H,21,24)(H,22,25). The van der Waals surface area contributed by atoms with Gasteiger partial charge in [0.1, 0.15) is 11.5 Å². The number of anilines is 1. The first-order valence-electron chi connectivity index (χ1n) is 8.46. The minimum absolute atomic E-state index is 0.0866. The van der Waals surface area contributed by atoms with Crippen LogP contribution in [0.3, 0.4) is 0 Å². The number of benzene rings is 2. The molecule has 1 atom stereocenters. The maximum Gasteiger partial charge on any atom is 0.313 e. The molecule has 2 rings (SSSR count). The lowest BCUT2D eigenvalue weighted by Crippen LogP contribution is -2.37. The zero-order chi connectivity index (χ0) is 19.3. The van der Waals surface area contributed by atoms with E-state index in [9.17, 15) is 14.7 Å². The molecule has 26 heavy (non-hydrogen) atoms. The van der Waals surface area contributed by atoms with Gasteiger partial charge in [-0.2, -0.15) is 0 Å². The minimum Gasteiger partial charge on any atom is -0.506 e. The number of carbonyl (C=O) groups is 2. The molecule has 138 valence electrons. The third-order valence-electron chi connectivity index (χ3n) is 3.89. The van der Waals surface area contributed by atoms with Crippen LogP contribution in [0.5, 0.6) is 11.5 Å². The van der Waals surface area contributed by atoms with Crippen molar-refractivity contribution in [3.05, 3.63) is 53.1 Å². The fraction of sp³-hybridized carbons (Fsp3) is 0.300. The van der Waals surface area contributed by atoms with Gasteiger partial charge >= 0.3 is 11.8 Å². The van der Waals surface area contributed by atoms with E-state index in [4.69, 9.17) is 4.74 Å². The summed E-state index contributed by atoms with van der Waals surface area (Å²) in [6, 6.07) is 10.1. The molecule has 0 saturated heterocycles. The Morgan fingerprint density at radius 2 is 1.73 bits per heavy atom. The lowest BCUT2D eigenvalue weighted by Gasteiger charge is -2.18. The normalized spacial score (nSPS) is 11.5. The van der Waals surface area contributed by atoms with Gasteiger partial charge in [0.05, 0.1) is 18.3 Å². The molecule has 1 unspecified atom stereocenters. The molecule has 0 aliphatic carbocycles. The number of amides is 2. The van der Waals surface area contributed by atoms with Gasteiger partial charge in [0.25, 0.3) is 0 Å². The summed E-state index contributed by atoms with van der Waals surface area (Å²) in [5, 5.41) is 14.9. The maximum absolute atomic E-state index is 12.2. The van der Waals surface area contributed by atoms with E-state index in [0.717, 1.165) is 16.7 Å². The summed E-state index contributed by atoms with van der Waals surface area (Å²) in [4.78, 5) is 24.3. The third-order valence-corrected chi connectivity index (χ3v) is 3.89. The van der Waals surface area contributed by atoms with Crippen molar-refractivity contribution in [3.63, 3.8) is 0 Å². The predicted octanol–water partition coefficient (Wildman–Crippen LogP) is 3.22. The number of carbonyl (C=O) groups excluding carboxylic acids is 2. The van der Waals surface area contributed by atoms with E-state index >= 15 is 0 Å². The smallest absolute Gasteiger partial charge is 0.313 e. The number of aromatic hydroxyl groups is 1. The third kappa shape index (κ3) is 4.75. The SMILES string of the molecule is CCOc1ccc(C)cc1C(C)NC(=O)C(=O)Nc1ccc(C)cc1O. The van der Waals surface area contributed by atoms with Crippen molar-refractivity contribution in [1.29, 1.82) is 0 Å². The molecular weight excluding hydrogens is 332 g/mol. The first kappa shape index (κ1) is 19.3. The summed E-state index contributed by atoms with van der Waals surface area (Å²) in [6.45, 7) is 7.93. The van der Waals surface area contributed by atoms with E-state index in [1.807, 2.05) is 39.0 Å². The van der Waals surface area contributed by atoms with Crippen LogP contribution in [0.2, 0.25) is 0 Å². The van der Waals surface area contributed by atoms with Crippen LogP contribution in [0.15, 0.2) is 36.4 Å². The fourth-order valence-corrected chi connectivity index (χ4v) is 2.56. The van der Waals surface area contributed by atoms with Crippen molar-refractivity contribution in [3.8, 4) is 11.5 Å². The monoisotopic (exact) mass is 356 g/mol. The van der Waals surface area contributed by atoms with E-state index in [-0.39, 0.29) is 11.4 Å². The molecule has 0 aromatic heterocycles. The zero-order valence-electron chi connectivity index (χ0n) is 15.4. The Morgan fingerprint density at radius 3 is 2.38 bits per heavy atom. The number of aryl methyl sites for hydroxylation is 2. The van der Waals surface area contributed by atoms with Gasteiger partial charge in [-0.25, -0.2) is 0 Å². The highest BCUT2D eigenvalue weighted by Gasteiger charge is 2.20. The quantitative estimate of drug-likeness (QED) is 0.567. The molecule has 2 amide bonds. The second kappa shape index (κ2) is 8.38. The Morgan fingerprint density at radius 1 is 1.08 bits per heavy atom. The first-order chi connectivity index (χ1) is 12.3. The van der Waals surface area contributed by atoms with E-state index < -0.39 is 17.9 Å². The van der Waals surface area contributed by atoms with E-state index in [0.29, 0.717) is 12.4 Å². The van der Waals surface area contributed by atoms with Crippen LogP contribution in [0.1, 0.15) is 36.6 Å². The van der Waals surface area contributed by atoms with Crippen molar-refractivity contribution < 1.29 is 19.4 Å². The van der Waals surface area contributed by atoms with Gasteiger partial charge < -0.3 is 20.5 Å². The molecule has 0 fully saturated rings. The van der Waals surface area contributed by atoms with Crippen molar-refractivity contribution in [1.82, 2.24) is 5.32 Å². The van der Waals surface area contributed by atoms with Crippen molar-refractivity contribution >= 4 is 17.5 Å². The molecule has 6 nitrogen and oxygen atoms in total. The van der Waals surface area contributed by atoms with E-state index in [1.54, 1.807) is 19.1 Å². The molecule has 0 saturated carbocycles. The average molecular weight is 356 g/mol. The van der Waals surface area contributed by atoms with E-state index in [2.05, 4.69) is 10.6 Å². The Hall–Kier alpha value is -3.02. The summed E-state index contributed by atoms with van der Waals surface area (Å²) in [5.74, 6) is -1.05. The molecule has 0 radical (unpaired) electrons.